The lowest BCUT2D eigenvalue weighted by Gasteiger charge is -2.32. The number of hydrogen-bond donors (Lipinski definition) is 1. The number of alkyl halides is 3. The lowest BCUT2D eigenvalue weighted by atomic mass is 10.1. The van der Waals surface area contributed by atoms with Crippen LogP contribution in [0.4, 0.5) is 13.2 Å². The van der Waals surface area contributed by atoms with E-state index in [1.807, 2.05) is 0 Å². The third-order valence-corrected chi connectivity index (χ3v) is 6.49. The lowest BCUT2D eigenvalue weighted by Crippen LogP contribution is -2.55. The Bertz CT molecular complexity index is 1130. The van der Waals surface area contributed by atoms with Crippen LogP contribution in [0.5, 0.6) is 0 Å². The van der Waals surface area contributed by atoms with Crippen molar-refractivity contribution >= 4 is 33.4 Å². The zero-order valence-corrected chi connectivity index (χ0v) is 17.4. The molecule has 1 aliphatic rings. The van der Waals surface area contributed by atoms with Gasteiger partial charge in [0.05, 0.1) is 16.7 Å². The van der Waals surface area contributed by atoms with E-state index in [4.69, 9.17) is 0 Å². The molecule has 1 atom stereocenters. The number of carbonyl (C=O) groups is 2. The summed E-state index contributed by atoms with van der Waals surface area (Å²) in [5.41, 5.74) is -1.19. The molecule has 3 heterocycles. The third kappa shape index (κ3) is 3.75. The van der Waals surface area contributed by atoms with E-state index >= 15 is 0 Å². The predicted molar refractivity (Wildman–Crippen MR) is 105 cm³/mol. The second-order valence-electron chi connectivity index (χ2n) is 7.05. The summed E-state index contributed by atoms with van der Waals surface area (Å²) in [6, 6.07) is -0.726. The number of aryl methyl sites for hydroxylation is 2. The Morgan fingerprint density at radius 3 is 2.50 bits per heavy atom. The van der Waals surface area contributed by atoms with Crippen LogP contribution in [0, 0.1) is 6.92 Å². The maximum atomic E-state index is 13.1. The lowest BCUT2D eigenvalue weighted by molar-refractivity contribution is -0.136. The maximum Gasteiger partial charge on any atom is 0.390 e. The molecule has 0 bridgehead atoms. The van der Waals surface area contributed by atoms with Gasteiger partial charge in [-0.15, -0.1) is 11.3 Å². The molecule has 0 aromatic carbocycles. The molecule has 8 nitrogen and oxygen atoms in total. The number of nitrogens with zero attached hydrogens (tertiary/aromatic N) is 3. The van der Waals surface area contributed by atoms with E-state index in [2.05, 4.69) is 5.32 Å². The molecule has 164 valence electrons. The van der Waals surface area contributed by atoms with Crippen molar-refractivity contribution < 1.29 is 22.8 Å². The Hall–Kier alpha value is -2.63. The second kappa shape index (κ2) is 7.89. The number of aromatic nitrogens is 2. The quantitative estimate of drug-likeness (QED) is 0.770. The molecule has 30 heavy (non-hydrogen) atoms. The summed E-state index contributed by atoms with van der Waals surface area (Å²) in [5, 5.41) is 2.70. The van der Waals surface area contributed by atoms with Crippen molar-refractivity contribution in [1.29, 1.82) is 0 Å². The average Bonchev–Trinajstić information content (AvgIpc) is 3.00. The summed E-state index contributed by atoms with van der Waals surface area (Å²) in [5.74, 6) is -0.808. The first-order valence-electron chi connectivity index (χ1n) is 9.40. The Morgan fingerprint density at radius 2 is 1.90 bits per heavy atom. The van der Waals surface area contributed by atoms with Gasteiger partial charge in [-0.05, 0) is 26.3 Å². The average molecular weight is 446 g/mol. The zero-order chi connectivity index (χ0) is 22.4. The van der Waals surface area contributed by atoms with Gasteiger partial charge in [-0.3, -0.25) is 23.5 Å². The summed E-state index contributed by atoms with van der Waals surface area (Å²) in [4.78, 5) is 52.0. The topological polar surface area (TPSA) is 93.4 Å². The molecule has 0 radical (unpaired) electrons. The van der Waals surface area contributed by atoms with Crippen molar-refractivity contribution in [2.75, 3.05) is 13.1 Å². The molecular formula is C18H21F3N4O4S. The van der Waals surface area contributed by atoms with E-state index in [0.717, 1.165) is 20.5 Å². The van der Waals surface area contributed by atoms with Gasteiger partial charge in [0, 0.05) is 26.2 Å². The monoisotopic (exact) mass is 446 g/mol. The van der Waals surface area contributed by atoms with E-state index in [9.17, 15) is 32.3 Å². The van der Waals surface area contributed by atoms with Crippen LogP contribution in [0.25, 0.3) is 10.2 Å². The zero-order valence-electron chi connectivity index (χ0n) is 16.6. The number of amides is 2. The summed E-state index contributed by atoms with van der Waals surface area (Å²) in [6.07, 6.45) is -5.73. The van der Waals surface area contributed by atoms with Crippen LogP contribution < -0.4 is 16.6 Å². The number of hydrogen-bond acceptors (Lipinski definition) is 5. The number of carbonyl (C=O) groups excluding carboxylic acids is 2. The molecule has 1 saturated heterocycles. The molecule has 1 aliphatic heterocycles. The molecule has 2 aromatic rings. The highest BCUT2D eigenvalue weighted by Crippen LogP contribution is 2.30. The van der Waals surface area contributed by atoms with Crippen molar-refractivity contribution in [2.45, 2.75) is 52.5 Å². The molecule has 3 rings (SSSR count). The molecule has 12 heteroatoms. The molecule has 2 amide bonds. The summed E-state index contributed by atoms with van der Waals surface area (Å²) < 4.78 is 40.1. The number of thiophene rings is 1. The molecule has 1 fully saturated rings. The van der Waals surface area contributed by atoms with Crippen LogP contribution >= 0.6 is 11.3 Å². The highest BCUT2D eigenvalue weighted by atomic mass is 32.1. The predicted octanol–water partition coefficient (Wildman–Crippen LogP) is 1.47. The standard InChI is InChI=1S/C18H21F3N4O4S/c1-4-23-14(27)11-9(2)12(15(28)24-8-6-22-13(26)10(24)3)30-16(11)25(17(23)29)7-5-18(19,20)21/h10H,4-8H2,1-3H3,(H,22,26). The fourth-order valence-electron chi connectivity index (χ4n) is 3.50. The fourth-order valence-corrected chi connectivity index (χ4v) is 4.78. The highest BCUT2D eigenvalue weighted by molar-refractivity contribution is 7.20. The van der Waals surface area contributed by atoms with Crippen LogP contribution in [0.3, 0.4) is 0 Å². The van der Waals surface area contributed by atoms with Gasteiger partial charge in [0.15, 0.2) is 0 Å². The van der Waals surface area contributed by atoms with E-state index in [1.165, 1.54) is 11.8 Å². The van der Waals surface area contributed by atoms with Crippen LogP contribution in [0.15, 0.2) is 9.59 Å². The molecule has 0 spiro atoms. The summed E-state index contributed by atoms with van der Waals surface area (Å²) >= 11 is 0.813. The van der Waals surface area contributed by atoms with Gasteiger partial charge in [0.1, 0.15) is 10.9 Å². The number of piperazine rings is 1. The van der Waals surface area contributed by atoms with Crippen molar-refractivity contribution in [2.24, 2.45) is 0 Å². The molecule has 0 saturated carbocycles. The summed E-state index contributed by atoms with van der Waals surface area (Å²) in [6.45, 7) is 4.51. The van der Waals surface area contributed by atoms with E-state index in [-0.39, 0.29) is 40.6 Å². The van der Waals surface area contributed by atoms with Gasteiger partial charge in [-0.1, -0.05) is 0 Å². The third-order valence-electron chi connectivity index (χ3n) is 5.18. The molecule has 2 aromatic heterocycles. The van der Waals surface area contributed by atoms with Gasteiger partial charge in [0.2, 0.25) is 5.91 Å². The van der Waals surface area contributed by atoms with Crippen molar-refractivity contribution in [1.82, 2.24) is 19.4 Å². The van der Waals surface area contributed by atoms with Gasteiger partial charge in [0.25, 0.3) is 11.5 Å². The normalized spacial score (nSPS) is 17.5. The first kappa shape index (κ1) is 22.1. The minimum atomic E-state index is -4.49. The first-order chi connectivity index (χ1) is 14.0. The van der Waals surface area contributed by atoms with Crippen LogP contribution in [-0.2, 0) is 17.9 Å². The fraction of sp³-hybridized carbons (Fsp3) is 0.556. The minimum absolute atomic E-state index is 0.0124. The van der Waals surface area contributed by atoms with Crippen LogP contribution in [-0.4, -0.2) is 51.2 Å². The summed E-state index contributed by atoms with van der Waals surface area (Å²) in [7, 11) is 0. The van der Waals surface area contributed by atoms with E-state index in [1.54, 1.807) is 13.8 Å². The van der Waals surface area contributed by atoms with Crippen LogP contribution in [0.1, 0.15) is 35.5 Å². The van der Waals surface area contributed by atoms with Gasteiger partial charge >= 0.3 is 11.9 Å². The van der Waals surface area contributed by atoms with E-state index in [0.29, 0.717) is 5.56 Å². The highest BCUT2D eigenvalue weighted by Gasteiger charge is 2.33. The Kier molecular flexibility index (Phi) is 5.81. The molecule has 1 unspecified atom stereocenters. The number of halogens is 3. The molecular weight excluding hydrogens is 425 g/mol. The maximum absolute atomic E-state index is 13.1. The number of nitrogens with one attached hydrogen (secondary N) is 1. The van der Waals surface area contributed by atoms with E-state index < -0.39 is 42.3 Å². The Labute approximate surface area is 172 Å². The minimum Gasteiger partial charge on any atom is -0.353 e. The Morgan fingerprint density at radius 1 is 1.23 bits per heavy atom. The first-order valence-corrected chi connectivity index (χ1v) is 10.2. The van der Waals surface area contributed by atoms with Gasteiger partial charge in [-0.25, -0.2) is 4.79 Å². The second-order valence-corrected chi connectivity index (χ2v) is 8.05. The smallest absolute Gasteiger partial charge is 0.353 e. The van der Waals surface area contributed by atoms with Crippen molar-refractivity contribution in [3.05, 3.63) is 31.3 Å². The molecule has 1 N–H and O–H groups in total. The van der Waals surface area contributed by atoms with Gasteiger partial charge < -0.3 is 10.2 Å². The SMILES string of the molecule is CCn1c(=O)c2c(C)c(C(=O)N3CCNC(=O)C3C)sc2n(CCC(F)(F)F)c1=O. The number of fused-ring (bicyclic) bond motifs is 1. The number of rotatable bonds is 4. The van der Waals surface area contributed by atoms with Crippen molar-refractivity contribution in [3.63, 3.8) is 0 Å². The van der Waals surface area contributed by atoms with Crippen molar-refractivity contribution in [3.8, 4) is 0 Å². The van der Waals surface area contributed by atoms with Gasteiger partial charge in [-0.2, -0.15) is 13.2 Å². The largest absolute Gasteiger partial charge is 0.390 e. The van der Waals surface area contributed by atoms with Crippen LogP contribution in [0.2, 0.25) is 0 Å². The molecule has 0 aliphatic carbocycles. The Balaban J connectivity index is 2.19.